The fourth-order valence-corrected chi connectivity index (χ4v) is 3.92. The van der Waals surface area contributed by atoms with Gasteiger partial charge in [-0.1, -0.05) is 18.2 Å². The van der Waals surface area contributed by atoms with Crippen molar-refractivity contribution in [3.63, 3.8) is 0 Å². The highest BCUT2D eigenvalue weighted by Gasteiger charge is 2.21. The van der Waals surface area contributed by atoms with Crippen molar-refractivity contribution in [2.45, 2.75) is 37.8 Å². The summed E-state index contributed by atoms with van der Waals surface area (Å²) in [5.74, 6) is 0.943. The van der Waals surface area contributed by atoms with Gasteiger partial charge in [-0.05, 0) is 66.5 Å². The predicted molar refractivity (Wildman–Crippen MR) is 87.2 cm³/mol. The molecule has 0 saturated heterocycles. The van der Waals surface area contributed by atoms with Gasteiger partial charge >= 0.3 is 0 Å². The van der Waals surface area contributed by atoms with Crippen LogP contribution < -0.4 is 5.32 Å². The van der Waals surface area contributed by atoms with Crippen LogP contribution in [0.15, 0.2) is 41.3 Å². The summed E-state index contributed by atoms with van der Waals surface area (Å²) < 4.78 is 13.5. The highest BCUT2D eigenvalue weighted by molar-refractivity contribution is 7.99. The summed E-state index contributed by atoms with van der Waals surface area (Å²) in [7, 11) is 0. The van der Waals surface area contributed by atoms with E-state index >= 15 is 0 Å². The van der Waals surface area contributed by atoms with Crippen LogP contribution in [-0.2, 0) is 6.54 Å². The van der Waals surface area contributed by atoms with E-state index in [2.05, 4.69) is 37.4 Å². The molecule has 2 aromatic carbocycles. The molecule has 0 aliphatic carbocycles. The van der Waals surface area contributed by atoms with Gasteiger partial charge in [0, 0.05) is 17.5 Å². The first kappa shape index (κ1) is 14.6. The first-order chi connectivity index (χ1) is 10.1. The van der Waals surface area contributed by atoms with Gasteiger partial charge in [-0.3, -0.25) is 0 Å². The van der Waals surface area contributed by atoms with Crippen LogP contribution in [0.5, 0.6) is 0 Å². The van der Waals surface area contributed by atoms with Gasteiger partial charge < -0.3 is 5.32 Å². The fourth-order valence-electron chi connectivity index (χ4n) is 2.81. The molecule has 1 atom stereocenters. The maximum Gasteiger partial charge on any atom is 0.123 e. The molecule has 2 aromatic rings. The van der Waals surface area contributed by atoms with E-state index in [4.69, 9.17) is 0 Å². The molecular formula is C18H20FNS. The number of aryl methyl sites for hydroxylation is 1. The van der Waals surface area contributed by atoms with Gasteiger partial charge in [0.05, 0.1) is 0 Å². The van der Waals surface area contributed by atoms with Crippen LogP contribution in [0.25, 0.3) is 0 Å². The van der Waals surface area contributed by atoms with Crippen molar-refractivity contribution in [3.05, 3.63) is 64.5 Å². The largest absolute Gasteiger partial charge is 0.306 e. The third-order valence-electron chi connectivity index (χ3n) is 4.27. The number of benzene rings is 2. The molecule has 0 aromatic heterocycles. The van der Waals surface area contributed by atoms with Crippen molar-refractivity contribution in [1.82, 2.24) is 5.32 Å². The van der Waals surface area contributed by atoms with Gasteiger partial charge in [0.1, 0.15) is 5.82 Å². The summed E-state index contributed by atoms with van der Waals surface area (Å²) in [6.07, 6.45) is 1.05. The standard InChI is InChI=1S/C18H20FNS/c1-12-4-3-5-14(13(12)2)11-20-17-8-9-21-18-7-6-15(19)10-16(17)18/h3-7,10,17,20H,8-9,11H2,1-2H3. The Balaban J connectivity index is 1.78. The summed E-state index contributed by atoms with van der Waals surface area (Å²) >= 11 is 1.82. The molecule has 0 radical (unpaired) electrons. The normalized spacial score (nSPS) is 17.6. The molecule has 3 heteroatoms. The van der Waals surface area contributed by atoms with E-state index < -0.39 is 0 Å². The second-order valence-corrected chi connectivity index (χ2v) is 6.75. The quantitative estimate of drug-likeness (QED) is 0.876. The Bertz CT molecular complexity index is 654. The smallest absolute Gasteiger partial charge is 0.123 e. The molecule has 1 aliphatic rings. The molecule has 0 amide bonds. The summed E-state index contributed by atoms with van der Waals surface area (Å²) in [4.78, 5) is 1.21. The number of rotatable bonds is 3. The number of thioether (sulfide) groups is 1. The molecule has 0 spiro atoms. The third-order valence-corrected chi connectivity index (χ3v) is 5.39. The summed E-state index contributed by atoms with van der Waals surface area (Å²) in [6, 6.07) is 11.8. The molecule has 1 unspecified atom stereocenters. The maximum atomic E-state index is 13.5. The SMILES string of the molecule is Cc1cccc(CNC2CCSc3ccc(F)cc32)c1C. The lowest BCUT2D eigenvalue weighted by molar-refractivity contribution is 0.504. The first-order valence-corrected chi connectivity index (χ1v) is 8.34. The number of hydrogen-bond donors (Lipinski definition) is 1. The average molecular weight is 301 g/mol. The van der Waals surface area contributed by atoms with E-state index in [1.807, 2.05) is 17.8 Å². The molecular weight excluding hydrogens is 281 g/mol. The van der Waals surface area contributed by atoms with Gasteiger partial charge in [-0.15, -0.1) is 11.8 Å². The van der Waals surface area contributed by atoms with E-state index in [9.17, 15) is 4.39 Å². The second kappa shape index (κ2) is 6.20. The van der Waals surface area contributed by atoms with Crippen LogP contribution in [0.4, 0.5) is 4.39 Å². The topological polar surface area (TPSA) is 12.0 Å². The van der Waals surface area contributed by atoms with E-state index in [0.29, 0.717) is 0 Å². The Morgan fingerprint density at radius 3 is 2.95 bits per heavy atom. The molecule has 21 heavy (non-hydrogen) atoms. The summed E-state index contributed by atoms with van der Waals surface area (Å²) in [5.41, 5.74) is 5.09. The lowest BCUT2D eigenvalue weighted by atomic mass is 10.0. The van der Waals surface area contributed by atoms with Crippen LogP contribution in [0.3, 0.4) is 0 Å². The van der Waals surface area contributed by atoms with Gasteiger partial charge in [0.25, 0.3) is 0 Å². The monoisotopic (exact) mass is 301 g/mol. The zero-order valence-corrected chi connectivity index (χ0v) is 13.3. The van der Waals surface area contributed by atoms with E-state index in [1.54, 1.807) is 12.1 Å². The van der Waals surface area contributed by atoms with E-state index in [-0.39, 0.29) is 11.9 Å². The Labute approximate surface area is 130 Å². The van der Waals surface area contributed by atoms with Crippen molar-refractivity contribution in [3.8, 4) is 0 Å². The Morgan fingerprint density at radius 1 is 1.24 bits per heavy atom. The van der Waals surface area contributed by atoms with Crippen LogP contribution in [0, 0.1) is 19.7 Å². The van der Waals surface area contributed by atoms with Gasteiger partial charge in [0.2, 0.25) is 0 Å². The minimum Gasteiger partial charge on any atom is -0.306 e. The minimum atomic E-state index is -0.144. The molecule has 1 aliphatic heterocycles. The minimum absolute atomic E-state index is 0.144. The van der Waals surface area contributed by atoms with Gasteiger partial charge in [-0.2, -0.15) is 0 Å². The first-order valence-electron chi connectivity index (χ1n) is 7.36. The number of nitrogens with one attached hydrogen (secondary N) is 1. The zero-order valence-electron chi connectivity index (χ0n) is 12.4. The Hall–Kier alpha value is -1.32. The maximum absolute atomic E-state index is 13.5. The third kappa shape index (κ3) is 3.14. The molecule has 1 heterocycles. The van der Waals surface area contributed by atoms with Crippen LogP contribution in [0.2, 0.25) is 0 Å². The van der Waals surface area contributed by atoms with Crippen molar-refractivity contribution in [2.75, 3.05) is 5.75 Å². The highest BCUT2D eigenvalue weighted by Crippen LogP contribution is 2.36. The lowest BCUT2D eigenvalue weighted by Crippen LogP contribution is -2.24. The number of hydrogen-bond acceptors (Lipinski definition) is 2. The number of fused-ring (bicyclic) bond motifs is 1. The fraction of sp³-hybridized carbons (Fsp3) is 0.333. The zero-order chi connectivity index (χ0) is 14.8. The molecule has 0 bridgehead atoms. The van der Waals surface area contributed by atoms with Gasteiger partial charge in [0.15, 0.2) is 0 Å². The molecule has 1 nitrogen and oxygen atoms in total. The van der Waals surface area contributed by atoms with Crippen molar-refractivity contribution >= 4 is 11.8 Å². The van der Waals surface area contributed by atoms with Crippen molar-refractivity contribution in [2.24, 2.45) is 0 Å². The molecule has 110 valence electrons. The molecule has 3 rings (SSSR count). The molecule has 0 fully saturated rings. The van der Waals surface area contributed by atoms with Gasteiger partial charge in [-0.25, -0.2) is 4.39 Å². The Morgan fingerprint density at radius 2 is 2.10 bits per heavy atom. The van der Waals surface area contributed by atoms with Crippen molar-refractivity contribution in [1.29, 1.82) is 0 Å². The lowest BCUT2D eigenvalue weighted by Gasteiger charge is -2.26. The van der Waals surface area contributed by atoms with Crippen LogP contribution in [0.1, 0.15) is 34.7 Å². The number of halogens is 1. The summed E-state index contributed by atoms with van der Waals surface area (Å²) in [5, 5.41) is 3.61. The highest BCUT2D eigenvalue weighted by atomic mass is 32.2. The van der Waals surface area contributed by atoms with Crippen LogP contribution >= 0.6 is 11.8 Å². The second-order valence-electron chi connectivity index (χ2n) is 5.61. The van der Waals surface area contributed by atoms with Crippen LogP contribution in [-0.4, -0.2) is 5.75 Å². The molecule has 1 N–H and O–H groups in total. The molecule has 0 saturated carbocycles. The predicted octanol–water partition coefficient (Wildman–Crippen LogP) is 4.77. The van der Waals surface area contributed by atoms with E-state index in [0.717, 1.165) is 24.3 Å². The van der Waals surface area contributed by atoms with Crippen molar-refractivity contribution < 1.29 is 4.39 Å². The Kier molecular flexibility index (Phi) is 4.32. The average Bonchev–Trinajstić information content (AvgIpc) is 2.49. The van der Waals surface area contributed by atoms with E-state index in [1.165, 1.54) is 21.6 Å². The summed E-state index contributed by atoms with van der Waals surface area (Å²) in [6.45, 7) is 5.14.